The summed E-state index contributed by atoms with van der Waals surface area (Å²) < 4.78 is 86.3. The molecule has 0 aliphatic carbocycles. The van der Waals surface area contributed by atoms with Crippen molar-refractivity contribution >= 4 is 23.8 Å². The zero-order chi connectivity index (χ0) is 32.6. The molecule has 44 heavy (non-hydrogen) atoms. The molecule has 10 nitrogen and oxygen atoms in total. The number of alkyl halides is 6. The minimum Gasteiger partial charge on any atom is -0.481 e. The Morgan fingerprint density at radius 2 is 1.73 bits per heavy atom. The normalized spacial score (nSPS) is 18.8. The number of ether oxygens (including phenoxy) is 1. The quantitative estimate of drug-likeness (QED) is 0.222. The first-order chi connectivity index (χ1) is 20.5. The molecule has 1 aromatic carbocycles. The summed E-state index contributed by atoms with van der Waals surface area (Å²) in [5, 5.41) is 19.1. The molecule has 2 atom stereocenters. The number of hydrogen-bond donors (Lipinski definition) is 3. The molecular weight excluding hydrogens is 600 g/mol. The molecular formula is C28H25F6N5O5. The summed E-state index contributed by atoms with van der Waals surface area (Å²) in [4.78, 5) is 37.6. The second kappa shape index (κ2) is 11.7. The Morgan fingerprint density at radius 1 is 1.09 bits per heavy atom. The number of nitrogens with two attached hydrogens (primary N) is 1. The minimum absolute atomic E-state index is 0.00203. The van der Waals surface area contributed by atoms with Gasteiger partial charge in [-0.15, -0.1) is 0 Å². The fourth-order valence-electron chi connectivity index (χ4n) is 4.97. The number of anilines is 1. The van der Waals surface area contributed by atoms with E-state index in [1.54, 1.807) is 6.92 Å². The summed E-state index contributed by atoms with van der Waals surface area (Å²) in [6, 6.07) is 3.96. The predicted octanol–water partition coefficient (Wildman–Crippen LogP) is 5.69. The van der Waals surface area contributed by atoms with Gasteiger partial charge in [0.2, 0.25) is 5.88 Å². The van der Waals surface area contributed by atoms with Crippen molar-refractivity contribution in [2.75, 3.05) is 12.0 Å². The number of nitrogens with zero attached hydrogens (tertiary/aromatic N) is 4. The number of fused-ring (bicyclic) bond motifs is 1. The molecule has 0 spiro atoms. The third-order valence-corrected chi connectivity index (χ3v) is 7.12. The van der Waals surface area contributed by atoms with Gasteiger partial charge in [0.25, 0.3) is 0 Å². The lowest BCUT2D eigenvalue weighted by Gasteiger charge is -2.45. The van der Waals surface area contributed by atoms with Crippen LogP contribution in [0.3, 0.4) is 0 Å². The van der Waals surface area contributed by atoms with Gasteiger partial charge in [-0.3, -0.25) is 4.90 Å². The number of carboxylic acids is 1. The van der Waals surface area contributed by atoms with Crippen LogP contribution in [0.2, 0.25) is 0 Å². The average Bonchev–Trinajstić information content (AvgIpc) is 2.94. The highest BCUT2D eigenvalue weighted by atomic mass is 19.4. The van der Waals surface area contributed by atoms with Gasteiger partial charge in [-0.1, -0.05) is 6.92 Å². The maximum Gasteiger partial charge on any atom is 0.416 e. The topological polar surface area (TPSA) is 152 Å². The van der Waals surface area contributed by atoms with Crippen molar-refractivity contribution in [1.82, 2.24) is 15.0 Å². The van der Waals surface area contributed by atoms with E-state index >= 15 is 0 Å². The molecule has 4 rings (SSSR count). The summed E-state index contributed by atoms with van der Waals surface area (Å²) in [6.45, 7) is 1.66. The van der Waals surface area contributed by atoms with E-state index in [4.69, 9.17) is 15.6 Å². The van der Waals surface area contributed by atoms with Gasteiger partial charge in [0.1, 0.15) is 11.5 Å². The van der Waals surface area contributed by atoms with Crippen molar-refractivity contribution in [1.29, 1.82) is 0 Å². The van der Waals surface area contributed by atoms with Crippen molar-refractivity contribution in [2.24, 2.45) is 5.73 Å². The lowest BCUT2D eigenvalue weighted by molar-refractivity contribution is -0.143. The van der Waals surface area contributed by atoms with E-state index in [1.165, 1.54) is 25.4 Å². The number of carbonyl (C=O) groups is 2. The Kier molecular flexibility index (Phi) is 8.59. The molecule has 0 radical (unpaired) electrons. The maximum atomic E-state index is 13.5. The van der Waals surface area contributed by atoms with E-state index in [-0.39, 0.29) is 53.3 Å². The van der Waals surface area contributed by atoms with Crippen LogP contribution < -0.4 is 15.4 Å². The monoisotopic (exact) mass is 625 g/mol. The zero-order valence-corrected chi connectivity index (χ0v) is 23.1. The Hall–Kier alpha value is -4.73. The Balaban J connectivity index is 1.91. The molecule has 0 fully saturated rings. The van der Waals surface area contributed by atoms with Gasteiger partial charge in [0.15, 0.2) is 0 Å². The fourth-order valence-corrected chi connectivity index (χ4v) is 4.97. The molecule has 0 unspecified atom stereocenters. The molecule has 1 aliphatic rings. The molecule has 1 amide bonds. The van der Waals surface area contributed by atoms with Crippen LogP contribution in [0.1, 0.15) is 65.1 Å². The highest BCUT2D eigenvalue weighted by Gasteiger charge is 2.46. The summed E-state index contributed by atoms with van der Waals surface area (Å²) in [5.41, 5.74) is 1.79. The third-order valence-electron chi connectivity index (χ3n) is 7.12. The number of benzene rings is 1. The van der Waals surface area contributed by atoms with Crippen LogP contribution in [0.25, 0.3) is 6.08 Å². The molecule has 0 saturated heterocycles. The maximum absolute atomic E-state index is 13.5. The van der Waals surface area contributed by atoms with Crippen LogP contribution in [0, 0.1) is 0 Å². The number of pyridine rings is 1. The Bertz CT molecular complexity index is 1600. The van der Waals surface area contributed by atoms with Crippen LogP contribution in [-0.4, -0.2) is 50.0 Å². The largest absolute Gasteiger partial charge is 0.481 e. The summed E-state index contributed by atoms with van der Waals surface area (Å²) in [6.07, 6.45) is -9.13. The van der Waals surface area contributed by atoms with Crippen molar-refractivity contribution in [3.8, 4) is 5.88 Å². The van der Waals surface area contributed by atoms with Crippen molar-refractivity contribution in [3.05, 3.63) is 82.1 Å². The number of aromatic nitrogens is 3. The van der Waals surface area contributed by atoms with E-state index in [0.717, 1.165) is 11.0 Å². The third kappa shape index (κ3) is 6.59. The molecule has 0 bridgehead atoms. The van der Waals surface area contributed by atoms with Crippen molar-refractivity contribution < 1.29 is 50.9 Å². The van der Waals surface area contributed by atoms with Gasteiger partial charge < -0.3 is 20.7 Å². The zero-order valence-electron chi connectivity index (χ0n) is 23.1. The van der Waals surface area contributed by atoms with Gasteiger partial charge in [0, 0.05) is 30.3 Å². The van der Waals surface area contributed by atoms with Crippen LogP contribution in [-0.2, 0) is 23.6 Å². The van der Waals surface area contributed by atoms with Gasteiger partial charge in [-0.2, -0.15) is 26.3 Å². The van der Waals surface area contributed by atoms with E-state index in [2.05, 4.69) is 15.0 Å². The number of amides is 1. The number of carboxylic acid groups (broad SMARTS) is 2. The first-order valence-electron chi connectivity index (χ1n) is 12.9. The van der Waals surface area contributed by atoms with E-state index in [1.807, 2.05) is 0 Å². The first-order valence-corrected chi connectivity index (χ1v) is 12.9. The lowest BCUT2D eigenvalue weighted by atomic mass is 9.83. The fraction of sp³-hybridized carbons (Fsp3) is 0.321. The summed E-state index contributed by atoms with van der Waals surface area (Å²) in [7, 11) is 1.34. The molecule has 3 heterocycles. The van der Waals surface area contributed by atoms with Crippen LogP contribution >= 0.6 is 0 Å². The van der Waals surface area contributed by atoms with E-state index in [9.17, 15) is 41.0 Å². The minimum atomic E-state index is -5.09. The molecule has 0 saturated carbocycles. The number of aliphatic carboxylic acids is 1. The van der Waals surface area contributed by atoms with Crippen LogP contribution in [0.4, 0.5) is 36.8 Å². The average molecular weight is 626 g/mol. The number of methoxy groups -OCH3 is 1. The van der Waals surface area contributed by atoms with Gasteiger partial charge >= 0.3 is 24.4 Å². The van der Waals surface area contributed by atoms with E-state index < -0.39 is 59.1 Å². The predicted molar refractivity (Wildman–Crippen MR) is 143 cm³/mol. The van der Waals surface area contributed by atoms with E-state index in [0.29, 0.717) is 18.2 Å². The Morgan fingerprint density at radius 3 is 2.25 bits per heavy atom. The van der Waals surface area contributed by atoms with Crippen molar-refractivity contribution in [3.63, 3.8) is 0 Å². The lowest BCUT2D eigenvalue weighted by Crippen LogP contribution is -2.61. The standard InChI is InChI=1S/C28H25F6N5O5/c1-3-26(35)12-18(23-20(39(26)25(42)43)5-6-21(38-23)44-2)24-36-13-15(4-7-22(40)41)19(37-24)10-14-8-16(27(29,30)31)11-17(9-14)28(32,33)34/h4-9,11,13,18H,3,10,12,35H2,1-2H3,(H,40,41)(H,42,43)/t18-,26+/m0/s1. The van der Waals surface area contributed by atoms with Gasteiger partial charge in [0.05, 0.1) is 41.2 Å². The second-order valence-electron chi connectivity index (χ2n) is 9.98. The number of rotatable bonds is 7. The second-order valence-corrected chi connectivity index (χ2v) is 9.98. The number of hydrogen-bond acceptors (Lipinski definition) is 7. The van der Waals surface area contributed by atoms with Crippen LogP contribution in [0.15, 0.2) is 42.6 Å². The first kappa shape index (κ1) is 32.2. The van der Waals surface area contributed by atoms with Crippen LogP contribution in [0.5, 0.6) is 5.88 Å². The highest BCUT2D eigenvalue weighted by molar-refractivity contribution is 5.89. The molecule has 2 aromatic heterocycles. The Labute approximate surface area is 245 Å². The van der Waals surface area contributed by atoms with Gasteiger partial charge in [-0.05, 0) is 48.7 Å². The molecule has 1 aliphatic heterocycles. The smallest absolute Gasteiger partial charge is 0.416 e. The molecule has 16 heteroatoms. The summed E-state index contributed by atoms with van der Waals surface area (Å²) >= 11 is 0. The molecule has 234 valence electrons. The van der Waals surface area contributed by atoms with Gasteiger partial charge in [-0.25, -0.2) is 24.5 Å². The highest BCUT2D eigenvalue weighted by Crippen LogP contribution is 2.45. The molecule has 3 aromatic rings. The SMILES string of the molecule is CC[C@]1(N)C[C@H](c2ncc(C=CC(=O)O)c(Cc3cc(C(F)(F)F)cc(C(F)(F)F)c3)n2)c2nc(OC)ccc2N1C(=O)O. The van der Waals surface area contributed by atoms with Crippen molar-refractivity contribution in [2.45, 2.75) is 50.1 Å². The number of halogens is 6. The summed E-state index contributed by atoms with van der Waals surface area (Å²) in [5.74, 6) is -2.18. The molecule has 4 N–H and O–H groups in total.